The Kier molecular flexibility index (Phi) is 4.42. The van der Waals surface area contributed by atoms with Gasteiger partial charge in [-0.3, -0.25) is 4.79 Å². The Morgan fingerprint density at radius 3 is 3.00 bits per heavy atom. The Labute approximate surface area is 121 Å². The van der Waals surface area contributed by atoms with Crippen LogP contribution in [0.3, 0.4) is 0 Å². The number of amides is 1. The molecule has 1 amide bonds. The van der Waals surface area contributed by atoms with Crippen molar-refractivity contribution < 1.29 is 9.53 Å². The van der Waals surface area contributed by atoms with E-state index < -0.39 is 0 Å². The van der Waals surface area contributed by atoms with Gasteiger partial charge in [0, 0.05) is 18.8 Å². The molecule has 0 saturated heterocycles. The average Bonchev–Trinajstić information content (AvgIpc) is 2.48. The van der Waals surface area contributed by atoms with Gasteiger partial charge in [0.05, 0.1) is 23.4 Å². The second-order valence-corrected chi connectivity index (χ2v) is 4.50. The van der Waals surface area contributed by atoms with Crippen LogP contribution in [-0.2, 0) is 6.54 Å². The third kappa shape index (κ3) is 3.19. The number of ether oxygens (including phenoxy) is 1. The SMILES string of the molecule is COc1cc(CNC(=O)c2cccc(Cl)c2N)ccn1. The molecule has 2 rings (SSSR count). The van der Waals surface area contributed by atoms with Crippen LogP contribution >= 0.6 is 11.6 Å². The minimum absolute atomic E-state index is 0.277. The summed E-state index contributed by atoms with van der Waals surface area (Å²) in [7, 11) is 1.54. The zero-order valence-corrected chi connectivity index (χ0v) is 11.6. The van der Waals surface area contributed by atoms with Crippen molar-refractivity contribution in [2.24, 2.45) is 0 Å². The number of hydrogen-bond donors (Lipinski definition) is 2. The number of aromatic nitrogens is 1. The standard InChI is InChI=1S/C14H14ClN3O2/c1-20-12-7-9(5-6-17-12)8-18-14(19)10-3-2-4-11(15)13(10)16/h2-7H,8,16H2,1H3,(H,18,19). The molecule has 0 unspecified atom stereocenters. The first-order chi connectivity index (χ1) is 9.61. The molecule has 2 aromatic rings. The molecular formula is C14H14ClN3O2. The van der Waals surface area contributed by atoms with Crippen molar-refractivity contribution in [2.45, 2.75) is 6.54 Å². The Morgan fingerprint density at radius 1 is 1.45 bits per heavy atom. The summed E-state index contributed by atoms with van der Waals surface area (Å²) < 4.78 is 5.02. The molecule has 6 heteroatoms. The molecule has 1 aromatic carbocycles. The number of nitrogens with zero attached hydrogens (tertiary/aromatic N) is 1. The molecule has 0 fully saturated rings. The number of hydrogen-bond acceptors (Lipinski definition) is 4. The van der Waals surface area contributed by atoms with Gasteiger partial charge in [-0.15, -0.1) is 0 Å². The van der Waals surface area contributed by atoms with Crippen molar-refractivity contribution in [3.8, 4) is 5.88 Å². The molecule has 20 heavy (non-hydrogen) atoms. The highest BCUT2D eigenvalue weighted by molar-refractivity contribution is 6.33. The molecule has 3 N–H and O–H groups in total. The number of methoxy groups -OCH3 is 1. The number of pyridine rings is 1. The molecule has 0 bridgehead atoms. The van der Waals surface area contributed by atoms with Gasteiger partial charge in [0.1, 0.15) is 0 Å². The zero-order chi connectivity index (χ0) is 14.5. The molecule has 104 valence electrons. The summed E-state index contributed by atoms with van der Waals surface area (Å²) in [5.41, 5.74) is 7.29. The fourth-order valence-electron chi connectivity index (χ4n) is 1.68. The molecule has 0 aliphatic carbocycles. The lowest BCUT2D eigenvalue weighted by molar-refractivity contribution is 0.0951. The van der Waals surface area contributed by atoms with Crippen LogP contribution in [-0.4, -0.2) is 18.0 Å². The second kappa shape index (κ2) is 6.25. The third-order valence-electron chi connectivity index (χ3n) is 2.76. The predicted molar refractivity (Wildman–Crippen MR) is 77.8 cm³/mol. The van der Waals surface area contributed by atoms with Crippen LogP contribution in [0.1, 0.15) is 15.9 Å². The van der Waals surface area contributed by atoms with Crippen LogP contribution in [0.4, 0.5) is 5.69 Å². The van der Waals surface area contributed by atoms with Crippen LogP contribution in [0.15, 0.2) is 36.5 Å². The topological polar surface area (TPSA) is 77.2 Å². The number of carbonyl (C=O) groups excluding carboxylic acids is 1. The molecular weight excluding hydrogens is 278 g/mol. The number of carbonyl (C=O) groups is 1. The second-order valence-electron chi connectivity index (χ2n) is 4.09. The van der Waals surface area contributed by atoms with Crippen molar-refractivity contribution in [3.63, 3.8) is 0 Å². The number of halogens is 1. The Bertz CT molecular complexity index is 632. The van der Waals surface area contributed by atoms with Gasteiger partial charge in [-0.25, -0.2) is 4.98 Å². The molecule has 0 aliphatic heterocycles. The molecule has 0 spiro atoms. The van der Waals surface area contributed by atoms with E-state index in [9.17, 15) is 4.79 Å². The molecule has 1 heterocycles. The maximum Gasteiger partial charge on any atom is 0.253 e. The molecule has 0 aliphatic rings. The van der Waals surface area contributed by atoms with Crippen LogP contribution in [0, 0.1) is 0 Å². The summed E-state index contributed by atoms with van der Waals surface area (Å²) in [5.74, 6) is 0.222. The number of nitrogens with two attached hydrogens (primary N) is 1. The molecule has 0 saturated carbocycles. The normalized spacial score (nSPS) is 10.1. The summed E-state index contributed by atoms with van der Waals surface area (Å²) in [6, 6.07) is 8.50. The predicted octanol–water partition coefficient (Wildman–Crippen LogP) is 2.26. The van der Waals surface area contributed by atoms with Crippen molar-refractivity contribution >= 4 is 23.2 Å². The van der Waals surface area contributed by atoms with E-state index in [2.05, 4.69) is 10.3 Å². The maximum absolute atomic E-state index is 12.0. The van der Waals surface area contributed by atoms with E-state index in [1.165, 1.54) is 7.11 Å². The highest BCUT2D eigenvalue weighted by Gasteiger charge is 2.11. The molecule has 0 radical (unpaired) electrons. The Hall–Kier alpha value is -2.27. The lowest BCUT2D eigenvalue weighted by atomic mass is 10.1. The number of nitrogens with one attached hydrogen (secondary N) is 1. The minimum atomic E-state index is -0.277. The van der Waals surface area contributed by atoms with Crippen LogP contribution in [0.5, 0.6) is 5.88 Å². The Balaban J connectivity index is 2.06. The summed E-state index contributed by atoms with van der Waals surface area (Å²) in [5, 5.41) is 3.14. The average molecular weight is 292 g/mol. The third-order valence-corrected chi connectivity index (χ3v) is 3.09. The summed E-state index contributed by atoms with van der Waals surface area (Å²) in [4.78, 5) is 16.0. The van der Waals surface area contributed by atoms with Crippen molar-refractivity contribution in [2.75, 3.05) is 12.8 Å². The van der Waals surface area contributed by atoms with E-state index >= 15 is 0 Å². The van der Waals surface area contributed by atoms with Crippen molar-refractivity contribution in [1.29, 1.82) is 0 Å². The molecule has 1 aromatic heterocycles. The quantitative estimate of drug-likeness (QED) is 0.847. The lowest BCUT2D eigenvalue weighted by Gasteiger charge is -2.09. The van der Waals surface area contributed by atoms with Gasteiger partial charge in [-0.2, -0.15) is 0 Å². The number of anilines is 1. The van der Waals surface area contributed by atoms with E-state index in [1.54, 1.807) is 36.5 Å². The van der Waals surface area contributed by atoms with Crippen molar-refractivity contribution in [3.05, 3.63) is 52.7 Å². The highest BCUT2D eigenvalue weighted by atomic mass is 35.5. The first kappa shape index (κ1) is 14.1. The fraction of sp³-hybridized carbons (Fsp3) is 0.143. The van der Waals surface area contributed by atoms with E-state index in [1.807, 2.05) is 0 Å². The monoisotopic (exact) mass is 291 g/mol. The van der Waals surface area contributed by atoms with Crippen LogP contribution in [0.2, 0.25) is 5.02 Å². The smallest absolute Gasteiger partial charge is 0.253 e. The minimum Gasteiger partial charge on any atom is -0.481 e. The van der Waals surface area contributed by atoms with Gasteiger partial charge >= 0.3 is 0 Å². The van der Waals surface area contributed by atoms with Gasteiger partial charge < -0.3 is 15.8 Å². The van der Waals surface area contributed by atoms with Crippen molar-refractivity contribution in [1.82, 2.24) is 10.3 Å². The highest BCUT2D eigenvalue weighted by Crippen LogP contribution is 2.22. The van der Waals surface area contributed by atoms with E-state index in [4.69, 9.17) is 22.1 Å². The first-order valence-electron chi connectivity index (χ1n) is 5.93. The van der Waals surface area contributed by atoms with E-state index in [0.29, 0.717) is 23.0 Å². The number of para-hydroxylation sites is 1. The van der Waals surface area contributed by atoms with Gasteiger partial charge in [-0.1, -0.05) is 17.7 Å². The fourth-order valence-corrected chi connectivity index (χ4v) is 1.86. The van der Waals surface area contributed by atoms with Gasteiger partial charge in [0.25, 0.3) is 5.91 Å². The van der Waals surface area contributed by atoms with Gasteiger partial charge in [-0.05, 0) is 23.8 Å². The number of rotatable bonds is 4. The molecule has 5 nitrogen and oxygen atoms in total. The number of nitrogen functional groups attached to an aromatic ring is 1. The molecule has 0 atom stereocenters. The van der Waals surface area contributed by atoms with E-state index in [-0.39, 0.29) is 11.6 Å². The first-order valence-corrected chi connectivity index (χ1v) is 6.30. The maximum atomic E-state index is 12.0. The Morgan fingerprint density at radius 2 is 2.25 bits per heavy atom. The van der Waals surface area contributed by atoms with Gasteiger partial charge in [0.15, 0.2) is 0 Å². The van der Waals surface area contributed by atoms with Crippen LogP contribution < -0.4 is 15.8 Å². The largest absolute Gasteiger partial charge is 0.481 e. The van der Waals surface area contributed by atoms with E-state index in [0.717, 1.165) is 5.56 Å². The van der Waals surface area contributed by atoms with Crippen LogP contribution in [0.25, 0.3) is 0 Å². The lowest BCUT2D eigenvalue weighted by Crippen LogP contribution is -2.23. The summed E-state index contributed by atoms with van der Waals surface area (Å²) in [6.07, 6.45) is 1.62. The van der Waals surface area contributed by atoms with Gasteiger partial charge in [0.2, 0.25) is 5.88 Å². The summed E-state index contributed by atoms with van der Waals surface area (Å²) in [6.45, 7) is 0.351. The summed E-state index contributed by atoms with van der Waals surface area (Å²) >= 11 is 5.88. The number of benzene rings is 1. The zero-order valence-electron chi connectivity index (χ0n) is 10.9.